The number of hydrogen-bond donors (Lipinski definition) is 0. The standard InChI is InChI=1S/C13H9F3N2O3/c1-17-5-7(12(20)18(2)13(17)21)11(19)10-8(15)3-6(14)4-9(10)16/h3-5H,1-2H3. The number of carbonyl (C=O) groups excluding carboxylic acids is 1. The summed E-state index contributed by atoms with van der Waals surface area (Å²) in [5.74, 6) is -5.29. The van der Waals surface area contributed by atoms with Crippen molar-refractivity contribution in [1.29, 1.82) is 0 Å². The largest absolute Gasteiger partial charge is 0.330 e. The molecular formula is C13H9F3N2O3. The first kappa shape index (κ1) is 14.8. The monoisotopic (exact) mass is 298 g/mol. The normalized spacial score (nSPS) is 10.7. The van der Waals surface area contributed by atoms with Gasteiger partial charge < -0.3 is 4.57 Å². The van der Waals surface area contributed by atoms with Gasteiger partial charge in [-0.25, -0.2) is 18.0 Å². The van der Waals surface area contributed by atoms with Gasteiger partial charge in [-0.15, -0.1) is 0 Å². The van der Waals surface area contributed by atoms with Crippen LogP contribution in [0.2, 0.25) is 0 Å². The second-order valence-corrected chi connectivity index (χ2v) is 4.37. The van der Waals surface area contributed by atoms with Crippen LogP contribution in [0, 0.1) is 17.5 Å². The summed E-state index contributed by atoms with van der Waals surface area (Å²) >= 11 is 0. The van der Waals surface area contributed by atoms with Crippen LogP contribution in [0.1, 0.15) is 15.9 Å². The predicted octanol–water partition coefficient (Wildman–Crippen LogP) is 0.732. The van der Waals surface area contributed by atoms with Crippen molar-refractivity contribution in [2.45, 2.75) is 0 Å². The van der Waals surface area contributed by atoms with E-state index in [2.05, 4.69) is 0 Å². The summed E-state index contributed by atoms with van der Waals surface area (Å²) in [6.07, 6.45) is 0.884. The van der Waals surface area contributed by atoms with Gasteiger partial charge in [-0.2, -0.15) is 0 Å². The summed E-state index contributed by atoms with van der Waals surface area (Å²) in [6.45, 7) is 0. The molecule has 0 amide bonds. The second kappa shape index (κ2) is 5.04. The summed E-state index contributed by atoms with van der Waals surface area (Å²) in [6, 6.07) is 0.672. The topological polar surface area (TPSA) is 61.1 Å². The first-order chi connectivity index (χ1) is 9.73. The third kappa shape index (κ3) is 2.39. The summed E-state index contributed by atoms with van der Waals surface area (Å²) in [7, 11) is 2.40. The molecule has 2 rings (SSSR count). The highest BCUT2D eigenvalue weighted by Crippen LogP contribution is 2.17. The third-order valence-corrected chi connectivity index (χ3v) is 2.93. The van der Waals surface area contributed by atoms with Gasteiger partial charge in [0.25, 0.3) is 5.56 Å². The van der Waals surface area contributed by atoms with Crippen LogP contribution in [-0.2, 0) is 14.1 Å². The third-order valence-electron chi connectivity index (χ3n) is 2.93. The van der Waals surface area contributed by atoms with E-state index in [1.54, 1.807) is 0 Å². The molecule has 0 spiro atoms. The molecule has 8 heteroatoms. The first-order valence-electron chi connectivity index (χ1n) is 5.70. The van der Waals surface area contributed by atoms with Crippen molar-refractivity contribution in [2.75, 3.05) is 0 Å². The van der Waals surface area contributed by atoms with Gasteiger partial charge in [0.2, 0.25) is 5.78 Å². The second-order valence-electron chi connectivity index (χ2n) is 4.37. The fourth-order valence-corrected chi connectivity index (χ4v) is 1.86. The van der Waals surface area contributed by atoms with Gasteiger partial charge in [0.1, 0.15) is 23.0 Å². The molecular weight excluding hydrogens is 289 g/mol. The maximum atomic E-state index is 13.6. The Hall–Kier alpha value is -2.64. The van der Waals surface area contributed by atoms with Crippen LogP contribution in [0.5, 0.6) is 0 Å². The highest BCUT2D eigenvalue weighted by atomic mass is 19.1. The maximum absolute atomic E-state index is 13.6. The van der Waals surface area contributed by atoms with Crippen molar-refractivity contribution in [2.24, 2.45) is 14.1 Å². The maximum Gasteiger partial charge on any atom is 0.330 e. The van der Waals surface area contributed by atoms with Gasteiger partial charge in [0.15, 0.2) is 0 Å². The molecule has 0 radical (unpaired) electrons. The molecule has 0 atom stereocenters. The number of benzene rings is 1. The van der Waals surface area contributed by atoms with Crippen LogP contribution in [0.25, 0.3) is 0 Å². The first-order valence-corrected chi connectivity index (χ1v) is 5.70. The minimum Gasteiger partial charge on any atom is -0.303 e. The van der Waals surface area contributed by atoms with E-state index < -0.39 is 45.6 Å². The molecule has 21 heavy (non-hydrogen) atoms. The SMILES string of the molecule is Cn1cc(C(=O)c2c(F)cc(F)cc2F)c(=O)n(C)c1=O. The molecule has 2 aromatic rings. The summed E-state index contributed by atoms with van der Waals surface area (Å²) in [4.78, 5) is 35.5. The van der Waals surface area contributed by atoms with E-state index in [4.69, 9.17) is 0 Å². The average molecular weight is 298 g/mol. The van der Waals surface area contributed by atoms with Crippen LogP contribution < -0.4 is 11.2 Å². The van der Waals surface area contributed by atoms with E-state index in [1.807, 2.05) is 0 Å². The lowest BCUT2D eigenvalue weighted by molar-refractivity contribution is 0.102. The lowest BCUT2D eigenvalue weighted by Gasteiger charge is -2.07. The molecule has 0 aliphatic rings. The van der Waals surface area contributed by atoms with Crippen LogP contribution in [-0.4, -0.2) is 14.9 Å². The number of aryl methyl sites for hydroxylation is 1. The molecule has 0 bridgehead atoms. The van der Waals surface area contributed by atoms with E-state index in [-0.39, 0.29) is 0 Å². The van der Waals surface area contributed by atoms with E-state index in [9.17, 15) is 27.6 Å². The zero-order chi connectivity index (χ0) is 15.9. The lowest BCUT2D eigenvalue weighted by Crippen LogP contribution is -2.39. The van der Waals surface area contributed by atoms with Crippen molar-refractivity contribution in [3.63, 3.8) is 0 Å². The number of aromatic nitrogens is 2. The Morgan fingerprint density at radius 2 is 1.57 bits per heavy atom. The average Bonchev–Trinajstić information content (AvgIpc) is 2.39. The Bertz CT molecular complexity index is 845. The Kier molecular flexibility index (Phi) is 3.54. The number of ketones is 1. The molecule has 5 nitrogen and oxygen atoms in total. The van der Waals surface area contributed by atoms with Crippen LogP contribution >= 0.6 is 0 Å². The van der Waals surface area contributed by atoms with Gasteiger partial charge in [0, 0.05) is 32.4 Å². The van der Waals surface area contributed by atoms with Crippen LogP contribution in [0.3, 0.4) is 0 Å². The predicted molar refractivity (Wildman–Crippen MR) is 66.7 cm³/mol. The highest BCUT2D eigenvalue weighted by molar-refractivity contribution is 6.08. The Morgan fingerprint density at radius 3 is 2.10 bits per heavy atom. The molecule has 0 aliphatic carbocycles. The fourth-order valence-electron chi connectivity index (χ4n) is 1.86. The zero-order valence-electron chi connectivity index (χ0n) is 11.0. The minimum atomic E-state index is -1.42. The van der Waals surface area contributed by atoms with E-state index in [1.165, 1.54) is 7.05 Å². The summed E-state index contributed by atoms with van der Waals surface area (Å²) < 4.78 is 41.6. The van der Waals surface area contributed by atoms with Gasteiger partial charge in [-0.05, 0) is 0 Å². The lowest BCUT2D eigenvalue weighted by atomic mass is 10.0. The minimum absolute atomic E-state index is 0.336. The fraction of sp³-hybridized carbons (Fsp3) is 0.154. The van der Waals surface area contributed by atoms with Gasteiger partial charge in [-0.3, -0.25) is 14.2 Å². The van der Waals surface area contributed by atoms with Crippen LogP contribution in [0.4, 0.5) is 13.2 Å². The quantitative estimate of drug-likeness (QED) is 0.768. The Labute approximate surface area is 115 Å². The smallest absolute Gasteiger partial charge is 0.303 e. The molecule has 0 saturated carbocycles. The van der Waals surface area contributed by atoms with Gasteiger partial charge in [0.05, 0.1) is 5.56 Å². The Balaban J connectivity index is 2.73. The molecule has 0 fully saturated rings. The van der Waals surface area contributed by atoms with Crippen LogP contribution in [0.15, 0.2) is 27.9 Å². The van der Waals surface area contributed by atoms with Crippen molar-refractivity contribution >= 4 is 5.78 Å². The summed E-state index contributed by atoms with van der Waals surface area (Å²) in [5, 5.41) is 0. The molecule has 1 aromatic heterocycles. The molecule has 0 N–H and O–H groups in total. The van der Waals surface area contributed by atoms with E-state index >= 15 is 0 Å². The Morgan fingerprint density at radius 1 is 1.05 bits per heavy atom. The van der Waals surface area contributed by atoms with Crippen molar-refractivity contribution in [1.82, 2.24) is 9.13 Å². The number of rotatable bonds is 2. The highest BCUT2D eigenvalue weighted by Gasteiger charge is 2.24. The van der Waals surface area contributed by atoms with Gasteiger partial charge >= 0.3 is 5.69 Å². The van der Waals surface area contributed by atoms with Crippen molar-refractivity contribution in [3.8, 4) is 0 Å². The molecule has 1 aromatic carbocycles. The molecule has 1 heterocycles. The molecule has 110 valence electrons. The number of halogens is 3. The number of carbonyl (C=O) groups is 1. The number of nitrogens with zero attached hydrogens (tertiary/aromatic N) is 2. The van der Waals surface area contributed by atoms with E-state index in [0.29, 0.717) is 16.7 Å². The van der Waals surface area contributed by atoms with Crippen molar-refractivity contribution in [3.05, 3.63) is 67.7 Å². The van der Waals surface area contributed by atoms with Crippen molar-refractivity contribution < 1.29 is 18.0 Å². The van der Waals surface area contributed by atoms with Gasteiger partial charge in [-0.1, -0.05) is 0 Å². The van der Waals surface area contributed by atoms with E-state index in [0.717, 1.165) is 17.8 Å². The molecule has 0 unspecified atom stereocenters. The molecule has 0 saturated heterocycles. The number of hydrogen-bond acceptors (Lipinski definition) is 3. The summed E-state index contributed by atoms with van der Waals surface area (Å²) in [5.41, 5.74) is -3.33. The molecule has 0 aliphatic heterocycles. The zero-order valence-corrected chi connectivity index (χ0v) is 11.0.